The number of hydrogen-bond acceptors (Lipinski definition) is 6. The third kappa shape index (κ3) is 6.12. The third-order valence-corrected chi connectivity index (χ3v) is 9.03. The number of aryl methyl sites for hydroxylation is 1. The molecule has 2 aliphatic rings. The number of rotatable bonds is 6. The number of halogens is 2. The molecule has 0 bridgehead atoms. The van der Waals surface area contributed by atoms with E-state index in [9.17, 15) is 14.4 Å². The van der Waals surface area contributed by atoms with Crippen LogP contribution in [0.25, 0.3) is 16.1 Å². The molecule has 5 rings (SSSR count). The molecule has 11 heteroatoms. The number of aromatic nitrogens is 1. The van der Waals surface area contributed by atoms with Crippen molar-refractivity contribution in [1.29, 1.82) is 0 Å². The molecule has 0 saturated carbocycles. The van der Waals surface area contributed by atoms with Crippen molar-refractivity contribution in [3.63, 3.8) is 0 Å². The Morgan fingerprint density at radius 3 is 2.43 bits per heavy atom. The molecule has 2 aliphatic heterocycles. The number of hydrogen-bond donors (Lipinski definition) is 1. The van der Waals surface area contributed by atoms with E-state index < -0.39 is 35.7 Å². The van der Waals surface area contributed by atoms with Crippen LogP contribution in [0.3, 0.4) is 0 Å². The highest BCUT2D eigenvalue weighted by Crippen LogP contribution is 2.44. The lowest BCUT2D eigenvalue weighted by molar-refractivity contribution is -0.139. The molecule has 8 nitrogen and oxygen atoms in total. The number of amides is 2. The lowest BCUT2D eigenvalue weighted by atomic mass is 9.96. The van der Waals surface area contributed by atoms with Crippen LogP contribution < -0.4 is 4.90 Å². The third-order valence-electron chi connectivity index (χ3n) is 7.84. The minimum Gasteiger partial charge on any atom is -0.480 e. The van der Waals surface area contributed by atoms with E-state index in [1.807, 2.05) is 30.3 Å². The molecule has 42 heavy (non-hydrogen) atoms. The van der Waals surface area contributed by atoms with Crippen molar-refractivity contribution in [2.24, 2.45) is 0 Å². The van der Waals surface area contributed by atoms with Crippen LogP contribution in [0.1, 0.15) is 40.2 Å². The molecule has 1 saturated heterocycles. The summed E-state index contributed by atoms with van der Waals surface area (Å²) in [6.07, 6.45) is 1.47. The summed E-state index contributed by atoms with van der Waals surface area (Å²) >= 11 is 1.23. The maximum atomic E-state index is 15.7. The molecule has 1 aromatic heterocycles. The zero-order chi connectivity index (χ0) is 30.0. The van der Waals surface area contributed by atoms with E-state index in [1.54, 1.807) is 37.1 Å². The van der Waals surface area contributed by atoms with Gasteiger partial charge >= 0.3 is 5.97 Å². The van der Waals surface area contributed by atoms with Crippen molar-refractivity contribution < 1.29 is 28.3 Å². The Bertz CT molecular complexity index is 1520. The zero-order valence-electron chi connectivity index (χ0n) is 23.4. The second kappa shape index (κ2) is 12.1. The molecular formula is C31H32F2N4O4S. The Balaban J connectivity index is 1.41. The fourth-order valence-electron chi connectivity index (χ4n) is 5.54. The van der Waals surface area contributed by atoms with Gasteiger partial charge in [0, 0.05) is 54.9 Å². The minimum atomic E-state index is -3.35. The van der Waals surface area contributed by atoms with Crippen molar-refractivity contribution in [3.05, 3.63) is 76.8 Å². The summed E-state index contributed by atoms with van der Waals surface area (Å²) in [6, 6.07) is 15.9. The number of alkyl halides is 2. The number of carboxylic acid groups (broad SMARTS) is 1. The van der Waals surface area contributed by atoms with E-state index in [1.165, 1.54) is 27.2 Å². The fourth-order valence-corrected chi connectivity index (χ4v) is 6.56. The van der Waals surface area contributed by atoms with Crippen LogP contribution in [0.15, 0.2) is 60.7 Å². The quantitative estimate of drug-likeness (QED) is 0.395. The number of carboxylic acids is 1. The number of nitrogens with zero attached hydrogens (tertiary/aromatic N) is 4. The highest BCUT2D eigenvalue weighted by Gasteiger charge is 2.42. The Morgan fingerprint density at radius 1 is 1.07 bits per heavy atom. The number of fused-ring (bicyclic) bond motifs is 1. The fraction of sp³-hybridized carbons (Fsp3) is 0.355. The topological polar surface area (TPSA) is 94.1 Å². The zero-order valence-corrected chi connectivity index (χ0v) is 24.2. The SMILES string of the molecule is Cc1nc(-c2ccccc2)sc1C(=O)N1CCC(F)(F)/C(=C\C(=O)N2CCC(N(C)CC(=O)O)CC2)c2ccccc21. The maximum absolute atomic E-state index is 15.7. The van der Waals surface area contributed by atoms with Gasteiger partial charge in [-0.05, 0) is 32.9 Å². The van der Waals surface area contributed by atoms with Crippen molar-refractivity contribution in [1.82, 2.24) is 14.8 Å². The molecule has 0 atom stereocenters. The number of carbonyl (C=O) groups is 3. The van der Waals surface area contributed by atoms with Gasteiger partial charge in [-0.1, -0.05) is 48.5 Å². The van der Waals surface area contributed by atoms with Crippen LogP contribution in [0, 0.1) is 6.92 Å². The number of allylic oxidation sites excluding steroid dienone is 1. The van der Waals surface area contributed by atoms with Crippen molar-refractivity contribution in [3.8, 4) is 10.6 Å². The van der Waals surface area contributed by atoms with Gasteiger partial charge in [0.15, 0.2) is 0 Å². The van der Waals surface area contributed by atoms with Gasteiger partial charge in [-0.3, -0.25) is 19.3 Å². The number of para-hydroxylation sites is 1. The summed E-state index contributed by atoms with van der Waals surface area (Å²) in [5.41, 5.74) is 1.45. The van der Waals surface area contributed by atoms with E-state index >= 15 is 8.78 Å². The Labute approximate surface area is 246 Å². The summed E-state index contributed by atoms with van der Waals surface area (Å²) in [5.74, 6) is -5.21. The summed E-state index contributed by atoms with van der Waals surface area (Å²) < 4.78 is 31.4. The van der Waals surface area contributed by atoms with Gasteiger partial charge in [-0.15, -0.1) is 11.3 Å². The lowest BCUT2D eigenvalue weighted by Crippen LogP contribution is -2.46. The Kier molecular flexibility index (Phi) is 8.51. The molecule has 1 fully saturated rings. The number of anilines is 1. The molecule has 220 valence electrons. The first-order valence-electron chi connectivity index (χ1n) is 13.8. The van der Waals surface area contributed by atoms with Crippen molar-refractivity contribution in [2.75, 3.05) is 38.1 Å². The van der Waals surface area contributed by atoms with E-state index in [2.05, 4.69) is 4.98 Å². The van der Waals surface area contributed by atoms with Crippen LogP contribution in [-0.4, -0.2) is 82.9 Å². The number of benzene rings is 2. The molecule has 3 aromatic rings. The number of thiazole rings is 1. The first-order valence-corrected chi connectivity index (χ1v) is 14.6. The summed E-state index contributed by atoms with van der Waals surface area (Å²) in [5, 5.41) is 9.73. The molecule has 2 aromatic carbocycles. The molecule has 0 spiro atoms. The van der Waals surface area contributed by atoms with Gasteiger partial charge in [0.1, 0.15) is 9.88 Å². The largest absolute Gasteiger partial charge is 0.480 e. The predicted molar refractivity (Wildman–Crippen MR) is 158 cm³/mol. The molecule has 1 N–H and O–H groups in total. The number of piperidine rings is 1. The minimum absolute atomic E-state index is 0.00461. The number of carbonyl (C=O) groups excluding carboxylic acids is 2. The van der Waals surface area contributed by atoms with Crippen LogP contribution in [0.4, 0.5) is 14.5 Å². The standard InChI is InChI=1S/C31H32F2N4O4S/c1-20-28(42-29(34-20)21-8-4-3-5-9-21)30(41)37-17-14-31(32,33)24(23-10-6-7-11-25(23)37)18-26(38)36-15-12-22(13-16-36)35(2)19-27(39)40/h3-11,18,22H,12-17,19H2,1-2H3,(H,39,40)/b24-18-. The number of likely N-dealkylation sites (N-methyl/N-ethyl adjacent to an activating group) is 1. The normalized spacial score (nSPS) is 18.2. The number of likely N-dealkylation sites (tertiary alicyclic amines) is 1. The monoisotopic (exact) mass is 594 g/mol. The van der Waals surface area contributed by atoms with E-state index in [-0.39, 0.29) is 24.7 Å². The Hall–Kier alpha value is -3.96. The average molecular weight is 595 g/mol. The highest BCUT2D eigenvalue weighted by atomic mass is 32.1. The van der Waals surface area contributed by atoms with Crippen LogP contribution >= 0.6 is 11.3 Å². The second-order valence-electron chi connectivity index (χ2n) is 10.7. The first-order chi connectivity index (χ1) is 20.0. The van der Waals surface area contributed by atoms with Gasteiger partial charge in [-0.25, -0.2) is 13.8 Å². The van der Waals surface area contributed by atoms with Gasteiger partial charge in [0.05, 0.1) is 17.9 Å². The van der Waals surface area contributed by atoms with Gasteiger partial charge < -0.3 is 14.9 Å². The molecule has 0 radical (unpaired) electrons. The highest BCUT2D eigenvalue weighted by molar-refractivity contribution is 7.17. The molecule has 0 unspecified atom stereocenters. The maximum Gasteiger partial charge on any atom is 0.317 e. The average Bonchev–Trinajstić information content (AvgIpc) is 3.33. The Morgan fingerprint density at radius 2 is 1.74 bits per heavy atom. The van der Waals surface area contributed by atoms with Gasteiger partial charge in [0.2, 0.25) is 5.91 Å². The number of aliphatic carboxylic acids is 1. The van der Waals surface area contributed by atoms with Gasteiger partial charge in [0.25, 0.3) is 11.8 Å². The predicted octanol–water partition coefficient (Wildman–Crippen LogP) is 5.20. The summed E-state index contributed by atoms with van der Waals surface area (Å²) in [6.45, 7) is 2.08. The van der Waals surface area contributed by atoms with Crippen molar-refractivity contribution >= 4 is 40.4 Å². The molecule has 0 aliphatic carbocycles. The summed E-state index contributed by atoms with van der Waals surface area (Å²) in [7, 11) is 1.73. The van der Waals surface area contributed by atoms with Gasteiger partial charge in [-0.2, -0.15) is 0 Å². The van der Waals surface area contributed by atoms with E-state index in [0.29, 0.717) is 47.2 Å². The second-order valence-corrected chi connectivity index (χ2v) is 11.7. The smallest absolute Gasteiger partial charge is 0.317 e. The lowest BCUT2D eigenvalue weighted by Gasteiger charge is -2.36. The van der Waals surface area contributed by atoms with Crippen LogP contribution in [0.2, 0.25) is 0 Å². The van der Waals surface area contributed by atoms with Crippen LogP contribution in [-0.2, 0) is 9.59 Å². The van der Waals surface area contributed by atoms with Crippen molar-refractivity contribution in [2.45, 2.75) is 38.2 Å². The first kappa shape index (κ1) is 29.5. The van der Waals surface area contributed by atoms with E-state index in [0.717, 1.165) is 11.6 Å². The van der Waals surface area contributed by atoms with Crippen LogP contribution in [0.5, 0.6) is 0 Å². The summed E-state index contributed by atoms with van der Waals surface area (Å²) in [4.78, 5) is 47.7. The molecular weight excluding hydrogens is 562 g/mol. The molecule has 3 heterocycles. The molecule has 2 amide bonds. The van der Waals surface area contributed by atoms with E-state index in [4.69, 9.17) is 5.11 Å².